The van der Waals surface area contributed by atoms with Crippen molar-refractivity contribution in [2.75, 3.05) is 19.3 Å². The molecule has 8 heteroatoms. The maximum Gasteiger partial charge on any atom is 0.178 e. The molecule has 0 bridgehead atoms. The van der Waals surface area contributed by atoms with Crippen LogP contribution in [0.4, 0.5) is 5.69 Å². The molecule has 0 fully saturated rings. The van der Waals surface area contributed by atoms with Gasteiger partial charge in [0.25, 0.3) is 0 Å². The van der Waals surface area contributed by atoms with Gasteiger partial charge in [-0.15, -0.1) is 0 Å². The second-order valence-corrected chi connectivity index (χ2v) is 6.44. The van der Waals surface area contributed by atoms with Crippen LogP contribution < -0.4 is 5.32 Å². The molecular formula is C12H12ClIN4OS. The molecule has 1 aromatic heterocycles. The van der Waals surface area contributed by atoms with Gasteiger partial charge in [0.15, 0.2) is 15.9 Å². The molecule has 0 atom stereocenters. The molecule has 0 radical (unpaired) electrons. The first-order chi connectivity index (χ1) is 9.70. The van der Waals surface area contributed by atoms with Crippen molar-refractivity contribution in [2.45, 2.75) is 5.03 Å². The van der Waals surface area contributed by atoms with Crippen molar-refractivity contribution in [3.05, 3.63) is 33.5 Å². The van der Waals surface area contributed by atoms with Crippen LogP contribution in [0.5, 0.6) is 0 Å². The number of thioether (sulfide) groups is 1. The van der Waals surface area contributed by atoms with Crippen LogP contribution in [0.1, 0.15) is 5.69 Å². The molecule has 106 valence electrons. The molecule has 20 heavy (non-hydrogen) atoms. The van der Waals surface area contributed by atoms with Crippen molar-refractivity contribution in [3.8, 4) is 0 Å². The minimum atomic E-state index is 0.278. The Hall–Kier alpha value is -0.640. The van der Waals surface area contributed by atoms with E-state index >= 15 is 0 Å². The summed E-state index contributed by atoms with van der Waals surface area (Å²) in [6.07, 6.45) is 0. The van der Waals surface area contributed by atoms with E-state index in [0.29, 0.717) is 10.7 Å². The number of benzene rings is 1. The van der Waals surface area contributed by atoms with Gasteiger partial charge < -0.3 is 5.32 Å². The number of nitrogens with one attached hydrogen (secondary N) is 1. The lowest BCUT2D eigenvalue weighted by molar-refractivity contribution is 0.298. The van der Waals surface area contributed by atoms with E-state index in [1.165, 1.54) is 11.8 Å². The van der Waals surface area contributed by atoms with Gasteiger partial charge >= 0.3 is 0 Å². The van der Waals surface area contributed by atoms with Gasteiger partial charge in [-0.3, -0.25) is 0 Å². The third kappa shape index (κ3) is 4.44. The average Bonchev–Trinajstić information content (AvgIpc) is 2.87. The van der Waals surface area contributed by atoms with Crippen LogP contribution in [0.2, 0.25) is 0 Å². The van der Waals surface area contributed by atoms with Gasteiger partial charge in [0.05, 0.1) is 5.69 Å². The Morgan fingerprint density at radius 2 is 2.35 bits per heavy atom. The summed E-state index contributed by atoms with van der Waals surface area (Å²) in [6, 6.07) is 7.73. The summed E-state index contributed by atoms with van der Waals surface area (Å²) in [5, 5.41) is 11.7. The highest BCUT2D eigenvalue weighted by Gasteiger charge is 2.15. The van der Waals surface area contributed by atoms with Crippen LogP contribution >= 0.6 is 46.0 Å². The molecule has 0 saturated heterocycles. The summed E-state index contributed by atoms with van der Waals surface area (Å²) in [5.74, 6) is 0.852. The summed E-state index contributed by atoms with van der Waals surface area (Å²) < 4.78 is 5.84. The third-order valence-corrected chi connectivity index (χ3v) is 4.16. The molecule has 0 aliphatic heterocycles. The fraction of sp³-hybridized carbons (Fsp3) is 0.250. The Morgan fingerprint density at radius 3 is 3.10 bits per heavy atom. The van der Waals surface area contributed by atoms with Crippen LogP contribution in [-0.2, 0) is 0 Å². The molecule has 0 spiro atoms. The van der Waals surface area contributed by atoms with Crippen LogP contribution in [0.15, 0.2) is 38.9 Å². The first-order valence-electron chi connectivity index (χ1n) is 5.81. The molecule has 0 aliphatic carbocycles. The van der Waals surface area contributed by atoms with E-state index in [4.69, 9.17) is 16.2 Å². The molecule has 1 N–H and O–H groups in total. The van der Waals surface area contributed by atoms with Crippen LogP contribution in [0.25, 0.3) is 0 Å². The topological polar surface area (TPSA) is 63.3 Å². The van der Waals surface area contributed by atoms with Crippen LogP contribution in [0, 0.1) is 3.57 Å². The highest BCUT2D eigenvalue weighted by atomic mass is 127. The lowest BCUT2D eigenvalue weighted by Gasteiger charge is -1.99. The molecular weight excluding hydrogens is 411 g/mol. The Kier molecular flexibility index (Phi) is 6.27. The molecule has 1 aromatic carbocycles. The maximum atomic E-state index is 6.21. The van der Waals surface area contributed by atoms with E-state index in [9.17, 15) is 0 Å². The molecule has 2 rings (SSSR count). The number of aliphatic imine (C=N–C) groups is 1. The van der Waals surface area contributed by atoms with Crippen molar-refractivity contribution < 1.29 is 4.63 Å². The van der Waals surface area contributed by atoms with E-state index in [0.717, 1.165) is 21.6 Å². The Balaban J connectivity index is 2.16. The summed E-state index contributed by atoms with van der Waals surface area (Å²) in [6.45, 7) is 0.864. The lowest BCUT2D eigenvalue weighted by atomic mass is 10.3. The van der Waals surface area contributed by atoms with Gasteiger partial charge in [0.1, 0.15) is 0 Å². The monoisotopic (exact) mass is 422 g/mol. The summed E-state index contributed by atoms with van der Waals surface area (Å²) >= 11 is 9.96. The van der Waals surface area contributed by atoms with E-state index in [1.807, 2.05) is 31.3 Å². The molecule has 2 aromatic rings. The Morgan fingerprint density at radius 1 is 1.50 bits per heavy atom. The second kappa shape index (κ2) is 7.96. The number of nitrogens with zero attached hydrogens (tertiary/aromatic N) is 3. The normalized spacial score (nSPS) is 11.8. The van der Waals surface area contributed by atoms with E-state index in [-0.39, 0.29) is 5.17 Å². The smallest absolute Gasteiger partial charge is 0.178 e. The van der Waals surface area contributed by atoms with Gasteiger partial charge in [0, 0.05) is 15.9 Å². The van der Waals surface area contributed by atoms with E-state index in [1.54, 1.807) is 0 Å². The highest BCUT2D eigenvalue weighted by Crippen LogP contribution is 2.23. The molecule has 0 aliphatic rings. The van der Waals surface area contributed by atoms with E-state index < -0.39 is 0 Å². The summed E-state index contributed by atoms with van der Waals surface area (Å²) in [7, 11) is 1.90. The molecule has 0 unspecified atom stereocenters. The first-order valence-corrected chi connectivity index (χ1v) is 8.25. The molecule has 1 heterocycles. The zero-order chi connectivity index (χ0) is 14.4. The van der Waals surface area contributed by atoms with Crippen molar-refractivity contribution in [2.24, 2.45) is 4.99 Å². The summed E-state index contributed by atoms with van der Waals surface area (Å²) in [5.41, 5.74) is 1.25. The first kappa shape index (κ1) is 15.7. The van der Waals surface area contributed by atoms with Gasteiger partial charge in [-0.1, -0.05) is 29.4 Å². The predicted molar refractivity (Wildman–Crippen MR) is 90.2 cm³/mol. The number of aromatic nitrogens is 2. The zero-order valence-corrected chi connectivity index (χ0v) is 14.4. The Labute approximate surface area is 139 Å². The van der Waals surface area contributed by atoms with Gasteiger partial charge in [-0.25, -0.2) is 9.62 Å². The number of hydrogen-bond acceptors (Lipinski definition) is 6. The fourth-order valence-electron chi connectivity index (χ4n) is 1.36. The van der Waals surface area contributed by atoms with Crippen molar-refractivity contribution in [1.29, 1.82) is 0 Å². The highest BCUT2D eigenvalue weighted by molar-refractivity contribution is 14.1. The lowest BCUT2D eigenvalue weighted by Crippen LogP contribution is -2.10. The van der Waals surface area contributed by atoms with Crippen molar-refractivity contribution in [1.82, 2.24) is 15.6 Å². The number of hydrogen-bond donors (Lipinski definition) is 1. The van der Waals surface area contributed by atoms with Crippen LogP contribution in [-0.4, -0.2) is 34.8 Å². The van der Waals surface area contributed by atoms with Crippen molar-refractivity contribution in [3.63, 3.8) is 0 Å². The van der Waals surface area contributed by atoms with E-state index in [2.05, 4.69) is 43.2 Å². The van der Waals surface area contributed by atoms with Crippen LogP contribution in [0.3, 0.4) is 0 Å². The number of rotatable bonds is 6. The average molecular weight is 423 g/mol. The SMILES string of the molecule is CNCCSc1nonc1C(Cl)=Nc1cccc(I)c1. The number of halogens is 2. The van der Waals surface area contributed by atoms with Gasteiger partial charge in [-0.2, -0.15) is 0 Å². The molecule has 0 amide bonds. The molecule has 5 nitrogen and oxygen atoms in total. The third-order valence-electron chi connectivity index (χ3n) is 2.28. The molecule has 0 saturated carbocycles. The quantitative estimate of drug-likeness (QED) is 0.335. The standard InChI is InChI=1S/C12H12ClIN4OS/c1-15-5-6-20-12-10(17-19-18-12)11(13)16-9-4-2-3-8(14)7-9/h2-4,7,15H,5-6H2,1H3. The Bertz CT molecular complexity index is 605. The van der Waals surface area contributed by atoms with Gasteiger partial charge in [0.2, 0.25) is 0 Å². The maximum absolute atomic E-state index is 6.21. The van der Waals surface area contributed by atoms with Gasteiger partial charge in [-0.05, 0) is 58.2 Å². The summed E-state index contributed by atoms with van der Waals surface area (Å²) in [4.78, 5) is 4.34. The fourth-order valence-corrected chi connectivity index (χ4v) is 3.02. The second-order valence-electron chi connectivity index (χ2n) is 3.75. The minimum Gasteiger partial charge on any atom is -0.319 e. The zero-order valence-electron chi connectivity index (χ0n) is 10.6. The predicted octanol–water partition coefficient (Wildman–Crippen LogP) is 3.30. The van der Waals surface area contributed by atoms with Crippen molar-refractivity contribution >= 4 is 56.8 Å². The minimum absolute atomic E-state index is 0.278. The largest absolute Gasteiger partial charge is 0.319 e.